The lowest BCUT2D eigenvalue weighted by molar-refractivity contribution is -0.139. The maximum Gasteiger partial charge on any atom is 0.416 e. The SMILES string of the molecule is C=NC1=C(/C(=N\CCl)c2cc(N)cc(C(F)(F)F)c2)CN(C(=O)C2(COC)CC2)CC1.CN. The van der Waals surface area contributed by atoms with E-state index >= 15 is 0 Å². The van der Waals surface area contributed by atoms with Crippen molar-refractivity contribution in [3.63, 3.8) is 0 Å². The zero-order chi connectivity index (χ0) is 24.8. The van der Waals surface area contributed by atoms with Crippen LogP contribution in [-0.2, 0) is 15.7 Å². The molecule has 1 fully saturated rings. The Bertz CT molecular complexity index is 942. The quantitative estimate of drug-likeness (QED) is 0.266. The molecule has 4 N–H and O–H groups in total. The topological polar surface area (TPSA) is 106 Å². The van der Waals surface area contributed by atoms with Crippen molar-refractivity contribution in [3.8, 4) is 0 Å². The summed E-state index contributed by atoms with van der Waals surface area (Å²) >= 11 is 5.84. The van der Waals surface area contributed by atoms with E-state index in [0.717, 1.165) is 25.0 Å². The summed E-state index contributed by atoms with van der Waals surface area (Å²) in [7, 11) is 3.05. The molecule has 0 bridgehead atoms. The molecular weight excluding hydrogens is 459 g/mol. The van der Waals surface area contributed by atoms with Crippen LogP contribution in [0.3, 0.4) is 0 Å². The monoisotopic (exact) mass is 487 g/mol. The lowest BCUT2D eigenvalue weighted by Crippen LogP contribution is -2.44. The van der Waals surface area contributed by atoms with Crippen LogP contribution in [0.4, 0.5) is 18.9 Å². The molecule has 2 aliphatic rings. The molecule has 1 aliphatic carbocycles. The average Bonchev–Trinajstić information content (AvgIpc) is 3.58. The maximum atomic E-state index is 13.3. The summed E-state index contributed by atoms with van der Waals surface area (Å²) in [5.74, 6) is -0.0382. The van der Waals surface area contributed by atoms with E-state index < -0.39 is 17.2 Å². The van der Waals surface area contributed by atoms with E-state index in [-0.39, 0.29) is 35.4 Å². The van der Waals surface area contributed by atoms with Crippen molar-refractivity contribution < 1.29 is 22.7 Å². The molecule has 1 aromatic carbocycles. The minimum atomic E-state index is -4.57. The van der Waals surface area contributed by atoms with E-state index in [1.54, 1.807) is 12.0 Å². The molecular formula is C22H29ClF3N5O2. The highest BCUT2D eigenvalue weighted by atomic mass is 35.5. The van der Waals surface area contributed by atoms with Crippen molar-refractivity contribution in [1.82, 2.24) is 4.90 Å². The predicted molar refractivity (Wildman–Crippen MR) is 125 cm³/mol. The molecule has 0 saturated heterocycles. The number of aliphatic imine (C=N–C) groups is 2. The third kappa shape index (κ3) is 6.13. The highest BCUT2D eigenvalue weighted by Crippen LogP contribution is 2.48. The number of halogens is 4. The van der Waals surface area contributed by atoms with Crippen LogP contribution in [-0.4, -0.2) is 63.1 Å². The summed E-state index contributed by atoms with van der Waals surface area (Å²) < 4.78 is 45.2. The number of carbonyl (C=O) groups is 1. The first kappa shape index (κ1) is 26.8. The molecule has 1 aromatic rings. The number of carbonyl (C=O) groups excluding carboxylic acids is 1. The Labute approximate surface area is 196 Å². The average molecular weight is 488 g/mol. The van der Waals surface area contributed by atoms with Gasteiger partial charge < -0.3 is 21.1 Å². The van der Waals surface area contributed by atoms with E-state index in [4.69, 9.17) is 22.1 Å². The number of hydrogen-bond donors (Lipinski definition) is 2. The molecule has 1 heterocycles. The Morgan fingerprint density at radius 2 is 1.97 bits per heavy atom. The number of nitrogens with zero attached hydrogens (tertiary/aromatic N) is 3. The second-order valence-corrected chi connectivity index (χ2v) is 7.98. The van der Waals surface area contributed by atoms with Gasteiger partial charge in [-0.1, -0.05) is 0 Å². The molecule has 1 saturated carbocycles. The number of hydrogen-bond acceptors (Lipinski definition) is 6. The molecule has 182 valence electrons. The highest BCUT2D eigenvalue weighted by molar-refractivity contribution is 6.20. The van der Waals surface area contributed by atoms with E-state index in [0.29, 0.717) is 30.8 Å². The summed E-state index contributed by atoms with van der Waals surface area (Å²) in [6, 6.07) is 3.06. The van der Waals surface area contributed by atoms with Crippen molar-refractivity contribution in [2.75, 3.05) is 45.6 Å². The zero-order valence-electron chi connectivity index (χ0n) is 18.7. The Kier molecular flexibility index (Phi) is 9.04. The minimum Gasteiger partial charge on any atom is -0.399 e. The summed E-state index contributed by atoms with van der Waals surface area (Å²) in [5.41, 5.74) is 10.3. The number of methoxy groups -OCH3 is 1. The predicted octanol–water partition coefficient (Wildman–Crippen LogP) is 3.46. The molecule has 0 spiro atoms. The van der Waals surface area contributed by atoms with Crippen LogP contribution in [0.25, 0.3) is 0 Å². The molecule has 33 heavy (non-hydrogen) atoms. The number of anilines is 1. The van der Waals surface area contributed by atoms with Gasteiger partial charge in [-0.15, -0.1) is 11.6 Å². The minimum absolute atomic E-state index is 0.0382. The van der Waals surface area contributed by atoms with Crippen LogP contribution in [0, 0.1) is 5.41 Å². The first-order chi connectivity index (χ1) is 15.6. The standard InChI is InChI=1S/C21H24ClF3N4O2.CH5N/c1-27-17-3-6-29(19(30)20(4-5-20)11-31-2)10-16(17)18(28-12-22)13-7-14(21(23,24)25)9-15(26)8-13;1-2/h7-9H,1,3-6,10-12,26H2,2H3;2H2,1H3/b28-18-;. The Balaban J connectivity index is 0.00000187. The summed E-state index contributed by atoms with van der Waals surface area (Å²) in [6.45, 7) is 4.49. The van der Waals surface area contributed by atoms with Crippen molar-refractivity contribution in [2.45, 2.75) is 25.4 Å². The van der Waals surface area contributed by atoms with Gasteiger partial charge in [-0.25, -0.2) is 0 Å². The number of nitrogen functional groups attached to an aromatic ring is 1. The van der Waals surface area contributed by atoms with Gasteiger partial charge in [-0.2, -0.15) is 13.2 Å². The van der Waals surface area contributed by atoms with E-state index in [2.05, 4.69) is 22.4 Å². The summed E-state index contributed by atoms with van der Waals surface area (Å²) in [4.78, 5) is 23.1. The fourth-order valence-corrected chi connectivity index (χ4v) is 3.99. The van der Waals surface area contributed by atoms with Gasteiger partial charge in [-0.3, -0.25) is 14.8 Å². The lowest BCUT2D eigenvalue weighted by Gasteiger charge is -2.33. The fourth-order valence-electron chi connectivity index (χ4n) is 3.87. The third-order valence-corrected chi connectivity index (χ3v) is 5.70. The van der Waals surface area contributed by atoms with E-state index in [9.17, 15) is 18.0 Å². The van der Waals surface area contributed by atoms with E-state index in [1.807, 2.05) is 0 Å². The Morgan fingerprint density at radius 3 is 2.48 bits per heavy atom. The molecule has 0 radical (unpaired) electrons. The number of ether oxygens (including phenoxy) is 1. The molecule has 0 unspecified atom stereocenters. The molecule has 7 nitrogen and oxygen atoms in total. The van der Waals surface area contributed by atoms with Crippen LogP contribution in [0.2, 0.25) is 0 Å². The van der Waals surface area contributed by atoms with Crippen molar-refractivity contribution in [2.24, 2.45) is 21.1 Å². The number of benzene rings is 1. The number of amides is 1. The first-order valence-corrected chi connectivity index (χ1v) is 10.8. The third-order valence-electron chi connectivity index (χ3n) is 5.58. The second kappa shape index (κ2) is 11.1. The van der Waals surface area contributed by atoms with Crippen molar-refractivity contribution in [1.29, 1.82) is 0 Å². The molecule has 11 heteroatoms. The highest BCUT2D eigenvalue weighted by Gasteiger charge is 2.52. The molecule has 1 aliphatic heterocycles. The molecule has 3 rings (SSSR count). The molecule has 1 amide bonds. The number of rotatable bonds is 7. The number of nitrogens with two attached hydrogens (primary N) is 2. The van der Waals surface area contributed by atoms with E-state index in [1.165, 1.54) is 13.1 Å². The van der Waals surface area contributed by atoms with Crippen LogP contribution in [0.1, 0.15) is 30.4 Å². The van der Waals surface area contributed by atoms with Gasteiger partial charge in [0.15, 0.2) is 0 Å². The van der Waals surface area contributed by atoms with Gasteiger partial charge in [-0.05, 0) is 44.8 Å². The van der Waals surface area contributed by atoms with Crippen molar-refractivity contribution in [3.05, 3.63) is 40.6 Å². The first-order valence-electron chi connectivity index (χ1n) is 10.3. The largest absolute Gasteiger partial charge is 0.416 e. The normalized spacial score (nSPS) is 17.9. The smallest absolute Gasteiger partial charge is 0.399 e. The van der Waals surface area contributed by atoms with Gasteiger partial charge in [0.1, 0.15) is 6.00 Å². The molecule has 0 aromatic heterocycles. The Hall–Kier alpha value is -2.43. The van der Waals surface area contributed by atoms with Gasteiger partial charge in [0.05, 0.1) is 23.3 Å². The summed E-state index contributed by atoms with van der Waals surface area (Å²) in [5, 5.41) is 0. The fraction of sp³-hybridized carbons (Fsp3) is 0.500. The van der Waals surface area contributed by atoms with Crippen LogP contribution < -0.4 is 11.5 Å². The van der Waals surface area contributed by atoms with Gasteiger partial charge >= 0.3 is 6.18 Å². The summed E-state index contributed by atoms with van der Waals surface area (Å²) in [6.07, 6.45) is -2.68. The maximum absolute atomic E-state index is 13.3. The second-order valence-electron chi connectivity index (χ2n) is 7.74. The van der Waals surface area contributed by atoms with Crippen LogP contribution in [0.15, 0.2) is 39.5 Å². The van der Waals surface area contributed by atoms with Crippen LogP contribution >= 0.6 is 11.6 Å². The lowest BCUT2D eigenvalue weighted by atomic mass is 9.93. The zero-order valence-corrected chi connectivity index (χ0v) is 19.5. The van der Waals surface area contributed by atoms with Gasteiger partial charge in [0.2, 0.25) is 5.91 Å². The van der Waals surface area contributed by atoms with Gasteiger partial charge in [0, 0.05) is 49.1 Å². The molecule has 0 atom stereocenters. The van der Waals surface area contributed by atoms with Crippen LogP contribution in [0.5, 0.6) is 0 Å². The Morgan fingerprint density at radius 1 is 1.30 bits per heavy atom. The van der Waals surface area contributed by atoms with Gasteiger partial charge in [0.25, 0.3) is 0 Å². The number of alkyl halides is 4. The van der Waals surface area contributed by atoms with Crippen molar-refractivity contribution >= 4 is 35.6 Å².